The molecule has 0 aromatic heterocycles. The lowest BCUT2D eigenvalue weighted by molar-refractivity contribution is 0.626. The van der Waals surface area contributed by atoms with E-state index < -0.39 is 0 Å². The van der Waals surface area contributed by atoms with Crippen molar-refractivity contribution >= 4 is 5.69 Å². The van der Waals surface area contributed by atoms with Crippen molar-refractivity contribution in [3.63, 3.8) is 0 Å². The molecule has 3 heteroatoms. The molecule has 0 heterocycles. The molecular weight excluding hydrogens is 167 g/mol. The van der Waals surface area contributed by atoms with Gasteiger partial charge in [-0.2, -0.15) is 0 Å². The van der Waals surface area contributed by atoms with E-state index >= 15 is 0 Å². The maximum atomic E-state index is 12.8. The van der Waals surface area contributed by atoms with Crippen LogP contribution in [-0.2, 0) is 0 Å². The molecule has 72 valence electrons. The predicted octanol–water partition coefficient (Wildman–Crippen LogP) is 1.96. The lowest BCUT2D eigenvalue weighted by Crippen LogP contribution is -2.30. The van der Waals surface area contributed by atoms with Gasteiger partial charge >= 0.3 is 0 Å². The molecule has 0 saturated carbocycles. The van der Waals surface area contributed by atoms with Gasteiger partial charge in [-0.25, -0.2) is 4.39 Å². The molecule has 0 aliphatic heterocycles. The van der Waals surface area contributed by atoms with E-state index in [1.165, 1.54) is 12.1 Å². The first-order valence-corrected chi connectivity index (χ1v) is 4.48. The normalized spacial score (nSPS) is 10.1. The fourth-order valence-electron chi connectivity index (χ4n) is 1.27. The minimum absolute atomic E-state index is 0.216. The van der Waals surface area contributed by atoms with Crippen molar-refractivity contribution < 1.29 is 4.39 Å². The Bertz CT molecular complexity index is 263. The first-order chi connectivity index (χ1) is 6.27. The largest absolute Gasteiger partial charge is 0.359 e. The van der Waals surface area contributed by atoms with E-state index in [4.69, 9.17) is 5.73 Å². The summed E-state index contributed by atoms with van der Waals surface area (Å²) >= 11 is 0. The van der Waals surface area contributed by atoms with Crippen LogP contribution in [-0.4, -0.2) is 13.2 Å². The van der Waals surface area contributed by atoms with Crippen LogP contribution < -0.4 is 10.6 Å². The van der Waals surface area contributed by atoms with Crippen molar-refractivity contribution in [2.24, 2.45) is 5.73 Å². The van der Waals surface area contributed by atoms with Crippen molar-refractivity contribution in [1.29, 1.82) is 0 Å². The van der Waals surface area contributed by atoms with E-state index in [1.54, 1.807) is 6.07 Å². The number of halogens is 1. The third-order valence-corrected chi connectivity index (χ3v) is 1.89. The summed E-state index contributed by atoms with van der Waals surface area (Å²) in [5.41, 5.74) is 6.40. The zero-order valence-electron chi connectivity index (χ0n) is 7.83. The van der Waals surface area contributed by atoms with Gasteiger partial charge in [0.1, 0.15) is 5.82 Å². The van der Waals surface area contributed by atoms with Gasteiger partial charge in [0.25, 0.3) is 0 Å². The molecule has 1 aromatic rings. The molecule has 0 amide bonds. The lowest BCUT2D eigenvalue weighted by atomic mass is 10.3. The summed E-state index contributed by atoms with van der Waals surface area (Å²) in [6.45, 7) is 3.36. The van der Waals surface area contributed by atoms with Crippen molar-refractivity contribution in [2.45, 2.75) is 13.3 Å². The standard InChI is InChI=1S/C10H15FN2/c1-2-6-13(8-12)10-5-3-4-9(11)7-10/h3-5,7H,2,6,8,12H2,1H3. The second-order valence-corrected chi connectivity index (χ2v) is 2.93. The third kappa shape index (κ3) is 2.70. The van der Waals surface area contributed by atoms with Crippen LogP contribution in [0.4, 0.5) is 10.1 Å². The van der Waals surface area contributed by atoms with E-state index in [9.17, 15) is 4.39 Å². The minimum Gasteiger partial charge on any atom is -0.359 e. The minimum atomic E-state index is -0.216. The quantitative estimate of drug-likeness (QED) is 0.721. The van der Waals surface area contributed by atoms with Crippen LogP contribution >= 0.6 is 0 Å². The maximum Gasteiger partial charge on any atom is 0.125 e. The van der Waals surface area contributed by atoms with Gasteiger partial charge in [-0.15, -0.1) is 0 Å². The molecule has 0 atom stereocenters. The van der Waals surface area contributed by atoms with Gasteiger partial charge in [0.15, 0.2) is 0 Å². The Morgan fingerprint density at radius 1 is 1.46 bits per heavy atom. The van der Waals surface area contributed by atoms with Crippen LogP contribution in [0.1, 0.15) is 13.3 Å². The Balaban J connectivity index is 2.78. The average molecular weight is 182 g/mol. The van der Waals surface area contributed by atoms with Crippen molar-refractivity contribution in [3.05, 3.63) is 30.1 Å². The molecule has 0 fully saturated rings. The molecule has 1 aromatic carbocycles. The summed E-state index contributed by atoms with van der Waals surface area (Å²) in [5.74, 6) is -0.216. The highest BCUT2D eigenvalue weighted by atomic mass is 19.1. The van der Waals surface area contributed by atoms with Crippen molar-refractivity contribution in [2.75, 3.05) is 18.1 Å². The Morgan fingerprint density at radius 3 is 2.77 bits per heavy atom. The average Bonchev–Trinajstić information content (AvgIpc) is 2.14. The second kappa shape index (κ2) is 4.82. The van der Waals surface area contributed by atoms with E-state index in [1.807, 2.05) is 11.0 Å². The summed E-state index contributed by atoms with van der Waals surface area (Å²) < 4.78 is 12.8. The van der Waals surface area contributed by atoms with Gasteiger partial charge in [0, 0.05) is 12.2 Å². The maximum absolute atomic E-state index is 12.8. The zero-order chi connectivity index (χ0) is 9.68. The zero-order valence-corrected chi connectivity index (χ0v) is 7.83. The lowest BCUT2D eigenvalue weighted by Gasteiger charge is -2.21. The van der Waals surface area contributed by atoms with Crippen LogP contribution in [0.5, 0.6) is 0 Å². The molecular formula is C10H15FN2. The van der Waals surface area contributed by atoms with Crippen molar-refractivity contribution in [1.82, 2.24) is 0 Å². The SMILES string of the molecule is CCCN(CN)c1cccc(F)c1. The summed E-state index contributed by atoms with van der Waals surface area (Å²) in [6, 6.07) is 6.50. The van der Waals surface area contributed by atoms with Gasteiger partial charge in [-0.05, 0) is 24.6 Å². The molecule has 2 nitrogen and oxygen atoms in total. The highest BCUT2D eigenvalue weighted by molar-refractivity contribution is 5.46. The van der Waals surface area contributed by atoms with Gasteiger partial charge in [0.05, 0.1) is 6.67 Å². The monoisotopic (exact) mass is 182 g/mol. The van der Waals surface area contributed by atoms with Crippen LogP contribution in [0.15, 0.2) is 24.3 Å². The Morgan fingerprint density at radius 2 is 2.23 bits per heavy atom. The van der Waals surface area contributed by atoms with Gasteiger partial charge in [0.2, 0.25) is 0 Å². The van der Waals surface area contributed by atoms with Gasteiger partial charge < -0.3 is 10.6 Å². The summed E-state index contributed by atoms with van der Waals surface area (Å²) in [5, 5.41) is 0. The first kappa shape index (κ1) is 9.99. The van der Waals surface area contributed by atoms with Crippen molar-refractivity contribution in [3.8, 4) is 0 Å². The number of rotatable bonds is 4. The number of hydrogen-bond acceptors (Lipinski definition) is 2. The van der Waals surface area contributed by atoms with E-state index in [-0.39, 0.29) is 5.82 Å². The third-order valence-electron chi connectivity index (χ3n) is 1.89. The summed E-state index contributed by atoms with van der Waals surface area (Å²) in [4.78, 5) is 1.95. The number of nitrogens with two attached hydrogens (primary N) is 1. The fraction of sp³-hybridized carbons (Fsp3) is 0.400. The van der Waals surface area contributed by atoms with Crippen LogP contribution in [0.25, 0.3) is 0 Å². The second-order valence-electron chi connectivity index (χ2n) is 2.93. The highest BCUT2D eigenvalue weighted by Gasteiger charge is 2.02. The van der Waals surface area contributed by atoms with Gasteiger partial charge in [-0.1, -0.05) is 13.0 Å². The molecule has 2 N–H and O–H groups in total. The molecule has 0 radical (unpaired) electrons. The van der Waals surface area contributed by atoms with Crippen LogP contribution in [0, 0.1) is 5.82 Å². The topological polar surface area (TPSA) is 29.3 Å². The summed E-state index contributed by atoms with van der Waals surface area (Å²) in [6.07, 6.45) is 1.01. The molecule has 13 heavy (non-hydrogen) atoms. The fourth-order valence-corrected chi connectivity index (χ4v) is 1.27. The highest BCUT2D eigenvalue weighted by Crippen LogP contribution is 2.14. The van der Waals surface area contributed by atoms with Gasteiger partial charge in [-0.3, -0.25) is 0 Å². The smallest absolute Gasteiger partial charge is 0.125 e. The molecule has 0 bridgehead atoms. The van der Waals surface area contributed by atoms with E-state index in [0.29, 0.717) is 6.67 Å². The number of benzene rings is 1. The molecule has 0 aliphatic rings. The molecule has 0 unspecified atom stereocenters. The first-order valence-electron chi connectivity index (χ1n) is 4.48. The Hall–Kier alpha value is -1.09. The summed E-state index contributed by atoms with van der Waals surface area (Å²) in [7, 11) is 0. The number of nitrogens with zero attached hydrogens (tertiary/aromatic N) is 1. The molecule has 1 rings (SSSR count). The number of anilines is 1. The number of hydrogen-bond donors (Lipinski definition) is 1. The van der Waals surface area contributed by atoms with Crippen LogP contribution in [0.3, 0.4) is 0 Å². The van der Waals surface area contributed by atoms with E-state index in [0.717, 1.165) is 18.7 Å². The van der Waals surface area contributed by atoms with E-state index in [2.05, 4.69) is 6.92 Å². The van der Waals surface area contributed by atoms with Crippen LogP contribution in [0.2, 0.25) is 0 Å². The Kier molecular flexibility index (Phi) is 3.71. The molecule has 0 saturated heterocycles. The molecule has 0 spiro atoms. The predicted molar refractivity (Wildman–Crippen MR) is 53.1 cm³/mol. The Labute approximate surface area is 78.2 Å². The molecule has 0 aliphatic carbocycles.